The van der Waals surface area contributed by atoms with E-state index in [1.54, 1.807) is 0 Å². The van der Waals surface area contributed by atoms with Gasteiger partial charge in [0.2, 0.25) is 0 Å². The lowest BCUT2D eigenvalue weighted by Gasteiger charge is -2.36. The third kappa shape index (κ3) is 6.13. The molecular formula is C31H38N2. The lowest BCUT2D eigenvalue weighted by molar-refractivity contribution is 0.487. The van der Waals surface area contributed by atoms with Gasteiger partial charge in [0.1, 0.15) is 5.54 Å². The Bertz CT molecular complexity index is 853. The molecule has 0 saturated heterocycles. The average molecular weight is 439 g/mol. The van der Waals surface area contributed by atoms with Crippen molar-refractivity contribution in [2.24, 2.45) is 5.10 Å². The number of nitrogens with zero attached hydrogens (tertiary/aromatic N) is 1. The monoisotopic (exact) mass is 438 g/mol. The van der Waals surface area contributed by atoms with E-state index in [0.29, 0.717) is 0 Å². The van der Waals surface area contributed by atoms with Crippen molar-refractivity contribution in [3.63, 3.8) is 0 Å². The summed E-state index contributed by atoms with van der Waals surface area (Å²) >= 11 is 0. The SMILES string of the molecule is c1ccc(C(NN=C2CCCCCCCCCCC2)(c2ccccc2)c2ccccc2)cc1. The van der Waals surface area contributed by atoms with Gasteiger partial charge < -0.3 is 0 Å². The molecule has 0 amide bonds. The van der Waals surface area contributed by atoms with Gasteiger partial charge in [-0.1, -0.05) is 136 Å². The van der Waals surface area contributed by atoms with Gasteiger partial charge >= 0.3 is 0 Å². The van der Waals surface area contributed by atoms with Crippen LogP contribution in [0.25, 0.3) is 0 Å². The van der Waals surface area contributed by atoms with Gasteiger partial charge in [-0.05, 0) is 42.4 Å². The van der Waals surface area contributed by atoms with Crippen molar-refractivity contribution in [1.29, 1.82) is 0 Å². The number of nitrogens with one attached hydrogen (secondary N) is 1. The smallest absolute Gasteiger partial charge is 0.130 e. The summed E-state index contributed by atoms with van der Waals surface area (Å²) in [6.45, 7) is 0. The molecule has 0 radical (unpaired) electrons. The van der Waals surface area contributed by atoms with E-state index >= 15 is 0 Å². The van der Waals surface area contributed by atoms with Crippen LogP contribution < -0.4 is 5.43 Å². The fourth-order valence-corrected chi connectivity index (χ4v) is 5.05. The van der Waals surface area contributed by atoms with Gasteiger partial charge in [0.05, 0.1) is 0 Å². The Morgan fingerprint density at radius 1 is 0.455 bits per heavy atom. The zero-order valence-electron chi connectivity index (χ0n) is 19.9. The zero-order chi connectivity index (χ0) is 22.6. The highest BCUT2D eigenvalue weighted by atomic mass is 15.3. The quantitative estimate of drug-likeness (QED) is 0.315. The normalized spacial score (nSPS) is 16.3. The number of hydrogen-bond acceptors (Lipinski definition) is 2. The van der Waals surface area contributed by atoms with Gasteiger partial charge in [-0.3, -0.25) is 5.43 Å². The predicted molar refractivity (Wildman–Crippen MR) is 141 cm³/mol. The van der Waals surface area contributed by atoms with Crippen LogP contribution >= 0.6 is 0 Å². The average Bonchev–Trinajstić information content (AvgIpc) is 2.87. The van der Waals surface area contributed by atoms with Crippen LogP contribution in [0.2, 0.25) is 0 Å². The minimum absolute atomic E-state index is 0.527. The maximum absolute atomic E-state index is 5.18. The summed E-state index contributed by atoms with van der Waals surface area (Å²) in [4.78, 5) is 0. The minimum Gasteiger partial charge on any atom is -0.291 e. The van der Waals surface area contributed by atoms with E-state index in [-0.39, 0.29) is 0 Å². The van der Waals surface area contributed by atoms with Gasteiger partial charge in [0, 0.05) is 5.71 Å². The Hall–Kier alpha value is -2.87. The first-order chi connectivity index (χ1) is 16.4. The molecule has 4 rings (SSSR count). The van der Waals surface area contributed by atoms with Crippen LogP contribution in [-0.4, -0.2) is 5.71 Å². The second-order valence-electron chi connectivity index (χ2n) is 9.32. The Balaban J connectivity index is 1.72. The fraction of sp³-hybridized carbons (Fsp3) is 0.387. The second-order valence-corrected chi connectivity index (χ2v) is 9.32. The van der Waals surface area contributed by atoms with Gasteiger partial charge in [-0.2, -0.15) is 5.10 Å². The molecule has 172 valence electrons. The van der Waals surface area contributed by atoms with E-state index in [9.17, 15) is 0 Å². The van der Waals surface area contributed by atoms with Crippen molar-refractivity contribution < 1.29 is 0 Å². The van der Waals surface area contributed by atoms with Crippen LogP contribution in [0.15, 0.2) is 96.1 Å². The number of benzene rings is 3. The van der Waals surface area contributed by atoms with Gasteiger partial charge in [-0.15, -0.1) is 0 Å². The van der Waals surface area contributed by atoms with E-state index in [4.69, 9.17) is 5.10 Å². The summed E-state index contributed by atoms with van der Waals surface area (Å²) in [6.07, 6.45) is 14.3. The van der Waals surface area contributed by atoms with Crippen LogP contribution in [0.5, 0.6) is 0 Å². The number of hydrazone groups is 1. The molecule has 0 atom stereocenters. The van der Waals surface area contributed by atoms with Crippen molar-refractivity contribution in [3.05, 3.63) is 108 Å². The topological polar surface area (TPSA) is 24.4 Å². The Kier molecular flexibility index (Phi) is 8.75. The van der Waals surface area contributed by atoms with Crippen LogP contribution in [0.4, 0.5) is 0 Å². The van der Waals surface area contributed by atoms with Crippen molar-refractivity contribution in [1.82, 2.24) is 5.43 Å². The lowest BCUT2D eigenvalue weighted by Crippen LogP contribution is -2.42. The molecule has 0 spiro atoms. The standard InChI is InChI=1S/C31H38N2/c1-2-4-6-17-25-30(26-18-7-5-3-1)32-33-31(27-19-11-8-12-20-27,28-21-13-9-14-22-28)29-23-15-10-16-24-29/h8-16,19-24,33H,1-7,17-18,25-26H2. The van der Waals surface area contributed by atoms with Crippen molar-refractivity contribution in [2.75, 3.05) is 0 Å². The second kappa shape index (κ2) is 12.4. The first kappa shape index (κ1) is 23.3. The summed E-state index contributed by atoms with van der Waals surface area (Å²) < 4.78 is 0. The molecule has 2 nitrogen and oxygen atoms in total. The summed E-state index contributed by atoms with van der Waals surface area (Å²) in [5, 5.41) is 5.18. The van der Waals surface area contributed by atoms with Gasteiger partial charge in [0.15, 0.2) is 0 Å². The molecule has 0 aliphatic heterocycles. The highest BCUT2D eigenvalue weighted by Gasteiger charge is 2.36. The maximum Gasteiger partial charge on any atom is 0.130 e. The van der Waals surface area contributed by atoms with Gasteiger partial charge in [-0.25, -0.2) is 0 Å². The first-order valence-corrected chi connectivity index (χ1v) is 12.9. The lowest BCUT2D eigenvalue weighted by atomic mass is 9.77. The van der Waals surface area contributed by atoms with E-state index in [1.165, 1.54) is 80.2 Å². The highest BCUT2D eigenvalue weighted by molar-refractivity contribution is 5.84. The number of rotatable bonds is 5. The molecule has 3 aromatic carbocycles. The van der Waals surface area contributed by atoms with Crippen LogP contribution in [0, 0.1) is 0 Å². The molecule has 1 saturated carbocycles. The van der Waals surface area contributed by atoms with Crippen molar-refractivity contribution in [3.8, 4) is 0 Å². The molecule has 1 fully saturated rings. The molecule has 0 heterocycles. The Morgan fingerprint density at radius 2 is 0.788 bits per heavy atom. The third-order valence-corrected chi connectivity index (χ3v) is 6.93. The zero-order valence-corrected chi connectivity index (χ0v) is 19.9. The molecule has 0 unspecified atom stereocenters. The molecule has 1 N–H and O–H groups in total. The maximum atomic E-state index is 5.18. The first-order valence-electron chi connectivity index (χ1n) is 12.9. The van der Waals surface area contributed by atoms with Crippen molar-refractivity contribution in [2.45, 2.75) is 76.2 Å². The summed E-state index contributed by atoms with van der Waals surface area (Å²) in [7, 11) is 0. The minimum atomic E-state index is -0.527. The largest absolute Gasteiger partial charge is 0.291 e. The summed E-state index contributed by atoms with van der Waals surface area (Å²) in [5.74, 6) is 0. The molecule has 1 aliphatic rings. The van der Waals surface area contributed by atoms with Crippen LogP contribution in [0.3, 0.4) is 0 Å². The molecule has 0 bridgehead atoms. The van der Waals surface area contributed by atoms with E-state index < -0.39 is 5.54 Å². The summed E-state index contributed by atoms with van der Waals surface area (Å²) in [5.41, 5.74) is 8.17. The fourth-order valence-electron chi connectivity index (χ4n) is 5.05. The van der Waals surface area contributed by atoms with Crippen LogP contribution in [-0.2, 0) is 5.54 Å². The Labute approximate surface area is 200 Å². The van der Waals surface area contributed by atoms with E-state index in [2.05, 4.69) is 96.4 Å². The molecule has 1 aliphatic carbocycles. The molecular weight excluding hydrogens is 400 g/mol. The predicted octanol–water partition coefficient (Wildman–Crippen LogP) is 8.23. The van der Waals surface area contributed by atoms with Crippen LogP contribution in [0.1, 0.15) is 87.3 Å². The van der Waals surface area contributed by atoms with E-state index in [0.717, 1.165) is 12.8 Å². The van der Waals surface area contributed by atoms with E-state index in [1.807, 2.05) is 0 Å². The van der Waals surface area contributed by atoms with Gasteiger partial charge in [0.25, 0.3) is 0 Å². The van der Waals surface area contributed by atoms with Crippen molar-refractivity contribution >= 4 is 5.71 Å². The molecule has 3 aromatic rings. The molecule has 2 heteroatoms. The molecule has 33 heavy (non-hydrogen) atoms. The number of hydrogen-bond donors (Lipinski definition) is 1. The summed E-state index contributed by atoms with van der Waals surface area (Å²) in [6, 6.07) is 32.3. The third-order valence-electron chi connectivity index (χ3n) is 6.93. The Morgan fingerprint density at radius 3 is 1.15 bits per heavy atom. The highest BCUT2D eigenvalue weighted by Crippen LogP contribution is 2.37. The molecule has 0 aromatic heterocycles.